The van der Waals surface area contributed by atoms with Crippen LogP contribution < -0.4 is 0 Å². The van der Waals surface area contributed by atoms with E-state index in [0.29, 0.717) is 11.5 Å². The number of esters is 1. The molecule has 0 aliphatic carbocycles. The Morgan fingerprint density at radius 2 is 2.04 bits per heavy atom. The molecule has 1 aromatic heterocycles. The molecular weight excluding hydrogens is 354 g/mol. The summed E-state index contributed by atoms with van der Waals surface area (Å²) in [6, 6.07) is 14.7. The molecule has 2 aromatic carbocycles. The van der Waals surface area contributed by atoms with Crippen molar-refractivity contribution in [1.29, 1.82) is 0 Å². The monoisotopic (exact) mass is 379 g/mol. The fourth-order valence-corrected chi connectivity index (χ4v) is 5.31. The minimum atomic E-state index is -0.279. The van der Waals surface area contributed by atoms with E-state index in [0.717, 1.165) is 17.8 Å². The van der Waals surface area contributed by atoms with Gasteiger partial charge < -0.3 is 9.30 Å². The molecule has 1 aliphatic rings. The number of fused-ring (bicyclic) bond motifs is 5. The Labute approximate surface area is 164 Å². The normalized spacial score (nSPS) is 13.9. The standard InChI is InChI=1S/C23H25NO2S/c1-4-8-15(5-2)21-17-12-11-16(23(25)26-3)13-19(17)24-14-27-20-10-7-6-9-18(20)22(21)24/h6-7,9-13,15H,4-5,8,14H2,1-3H3. The third-order valence-corrected chi connectivity index (χ3v) is 6.61. The minimum Gasteiger partial charge on any atom is -0.465 e. The average molecular weight is 380 g/mol. The number of thioether (sulfide) groups is 1. The molecule has 0 bridgehead atoms. The van der Waals surface area contributed by atoms with Crippen LogP contribution in [0.2, 0.25) is 0 Å². The number of benzene rings is 2. The Kier molecular flexibility index (Phi) is 5.00. The van der Waals surface area contributed by atoms with Gasteiger partial charge in [0.05, 0.1) is 29.8 Å². The van der Waals surface area contributed by atoms with Crippen molar-refractivity contribution in [1.82, 2.24) is 4.57 Å². The molecule has 2 heterocycles. The van der Waals surface area contributed by atoms with Crippen LogP contribution in [0.1, 0.15) is 54.9 Å². The number of hydrogen-bond acceptors (Lipinski definition) is 3. The van der Waals surface area contributed by atoms with Gasteiger partial charge in [-0.2, -0.15) is 0 Å². The lowest BCUT2D eigenvalue weighted by atomic mass is 9.88. The predicted octanol–water partition coefficient (Wildman–Crippen LogP) is 6.45. The molecule has 27 heavy (non-hydrogen) atoms. The summed E-state index contributed by atoms with van der Waals surface area (Å²) in [6.07, 6.45) is 3.46. The number of nitrogens with zero attached hydrogens (tertiary/aromatic N) is 1. The van der Waals surface area contributed by atoms with Crippen LogP contribution >= 0.6 is 11.8 Å². The number of methoxy groups -OCH3 is 1. The quantitative estimate of drug-likeness (QED) is 0.477. The number of carbonyl (C=O) groups is 1. The maximum atomic E-state index is 12.1. The van der Waals surface area contributed by atoms with Crippen LogP contribution in [0.4, 0.5) is 0 Å². The molecule has 1 aliphatic heterocycles. The summed E-state index contributed by atoms with van der Waals surface area (Å²) in [7, 11) is 1.44. The largest absolute Gasteiger partial charge is 0.465 e. The third-order valence-electron chi connectivity index (χ3n) is 5.55. The van der Waals surface area contributed by atoms with Gasteiger partial charge in [0.15, 0.2) is 0 Å². The third kappa shape index (κ3) is 2.96. The second-order valence-electron chi connectivity index (χ2n) is 7.08. The first-order chi connectivity index (χ1) is 13.2. The molecule has 0 N–H and O–H groups in total. The highest BCUT2D eigenvalue weighted by Crippen LogP contribution is 2.47. The summed E-state index contributed by atoms with van der Waals surface area (Å²) >= 11 is 1.86. The molecule has 3 aromatic rings. The van der Waals surface area contributed by atoms with Gasteiger partial charge in [-0.05, 0) is 42.5 Å². The van der Waals surface area contributed by atoms with Crippen LogP contribution in [0.3, 0.4) is 0 Å². The highest BCUT2D eigenvalue weighted by Gasteiger charge is 2.28. The van der Waals surface area contributed by atoms with Crippen LogP contribution in [0.5, 0.6) is 0 Å². The zero-order valence-electron chi connectivity index (χ0n) is 16.1. The van der Waals surface area contributed by atoms with Gasteiger partial charge >= 0.3 is 5.97 Å². The minimum absolute atomic E-state index is 0.279. The van der Waals surface area contributed by atoms with Crippen LogP contribution in [0, 0.1) is 0 Å². The number of rotatable bonds is 5. The predicted molar refractivity (Wildman–Crippen MR) is 113 cm³/mol. The van der Waals surface area contributed by atoms with E-state index >= 15 is 0 Å². The zero-order chi connectivity index (χ0) is 19.0. The fraction of sp³-hybridized carbons (Fsp3) is 0.348. The van der Waals surface area contributed by atoms with Crippen molar-refractivity contribution < 1.29 is 9.53 Å². The first-order valence-electron chi connectivity index (χ1n) is 9.66. The highest BCUT2D eigenvalue weighted by atomic mass is 32.2. The first-order valence-corrected chi connectivity index (χ1v) is 10.6. The zero-order valence-corrected chi connectivity index (χ0v) is 16.9. The van der Waals surface area contributed by atoms with E-state index < -0.39 is 0 Å². The molecule has 0 radical (unpaired) electrons. The maximum Gasteiger partial charge on any atom is 0.337 e. The molecule has 140 valence electrons. The molecule has 4 heteroatoms. The van der Waals surface area contributed by atoms with Crippen molar-refractivity contribution >= 4 is 28.6 Å². The molecule has 1 atom stereocenters. The van der Waals surface area contributed by atoms with Crippen molar-refractivity contribution in [3.63, 3.8) is 0 Å². The number of ether oxygens (including phenoxy) is 1. The van der Waals surface area contributed by atoms with Crippen molar-refractivity contribution in [3.05, 3.63) is 53.6 Å². The molecule has 0 saturated carbocycles. The molecule has 0 spiro atoms. The number of carbonyl (C=O) groups excluding carboxylic acids is 1. The van der Waals surface area contributed by atoms with E-state index in [1.54, 1.807) is 0 Å². The fourth-order valence-electron chi connectivity index (χ4n) is 4.28. The maximum absolute atomic E-state index is 12.1. The van der Waals surface area contributed by atoms with Crippen LogP contribution in [-0.4, -0.2) is 17.6 Å². The lowest BCUT2D eigenvalue weighted by Gasteiger charge is -2.23. The average Bonchev–Trinajstić information content (AvgIpc) is 3.05. The summed E-state index contributed by atoms with van der Waals surface area (Å²) in [5.74, 6) is 1.11. The molecule has 4 rings (SSSR count). The molecular formula is C23H25NO2S. The van der Waals surface area contributed by atoms with Gasteiger partial charge in [-0.3, -0.25) is 0 Å². The molecule has 0 amide bonds. The van der Waals surface area contributed by atoms with Gasteiger partial charge in [-0.25, -0.2) is 4.79 Å². The SMILES string of the molecule is CCCC(CC)c1c2n(c3cc(C(=O)OC)ccc13)CSc1ccccc1-2. The number of aromatic nitrogens is 1. The Balaban J connectivity index is 2.04. The van der Waals surface area contributed by atoms with Gasteiger partial charge in [0.1, 0.15) is 0 Å². The first kappa shape index (κ1) is 18.2. The van der Waals surface area contributed by atoms with Crippen molar-refractivity contribution in [2.24, 2.45) is 0 Å². The number of hydrogen-bond donors (Lipinski definition) is 0. The van der Waals surface area contributed by atoms with Crippen molar-refractivity contribution in [2.45, 2.75) is 49.8 Å². The summed E-state index contributed by atoms with van der Waals surface area (Å²) in [4.78, 5) is 13.4. The van der Waals surface area contributed by atoms with E-state index in [-0.39, 0.29) is 5.97 Å². The second kappa shape index (κ2) is 7.43. The summed E-state index contributed by atoms with van der Waals surface area (Å²) in [5, 5.41) is 1.27. The van der Waals surface area contributed by atoms with Crippen molar-refractivity contribution in [3.8, 4) is 11.3 Å². The van der Waals surface area contributed by atoms with E-state index in [4.69, 9.17) is 4.74 Å². The Morgan fingerprint density at radius 1 is 1.22 bits per heavy atom. The van der Waals surface area contributed by atoms with Crippen LogP contribution in [0.15, 0.2) is 47.4 Å². The topological polar surface area (TPSA) is 31.2 Å². The lowest BCUT2D eigenvalue weighted by Crippen LogP contribution is -2.07. The lowest BCUT2D eigenvalue weighted by molar-refractivity contribution is 0.0601. The molecule has 3 nitrogen and oxygen atoms in total. The van der Waals surface area contributed by atoms with Gasteiger partial charge in [0.25, 0.3) is 0 Å². The van der Waals surface area contributed by atoms with Gasteiger partial charge in [-0.15, -0.1) is 11.8 Å². The van der Waals surface area contributed by atoms with Gasteiger partial charge in [0.2, 0.25) is 0 Å². The highest BCUT2D eigenvalue weighted by molar-refractivity contribution is 7.98. The Morgan fingerprint density at radius 3 is 2.78 bits per heavy atom. The smallest absolute Gasteiger partial charge is 0.337 e. The van der Waals surface area contributed by atoms with Crippen molar-refractivity contribution in [2.75, 3.05) is 7.11 Å². The molecule has 0 saturated heterocycles. The summed E-state index contributed by atoms with van der Waals surface area (Å²) in [5.41, 5.74) is 5.85. The van der Waals surface area contributed by atoms with E-state index in [2.05, 4.69) is 48.7 Å². The molecule has 1 unspecified atom stereocenters. The Bertz CT molecular complexity index is 1010. The van der Waals surface area contributed by atoms with Gasteiger partial charge in [-0.1, -0.05) is 44.5 Å². The van der Waals surface area contributed by atoms with Crippen LogP contribution in [-0.2, 0) is 10.6 Å². The Hall–Kier alpha value is -2.20. The van der Waals surface area contributed by atoms with Gasteiger partial charge in [0, 0.05) is 15.8 Å². The van der Waals surface area contributed by atoms with E-state index in [1.165, 1.54) is 47.1 Å². The summed E-state index contributed by atoms with van der Waals surface area (Å²) in [6.45, 7) is 4.54. The molecule has 0 fully saturated rings. The van der Waals surface area contributed by atoms with E-state index in [9.17, 15) is 4.79 Å². The van der Waals surface area contributed by atoms with E-state index in [1.807, 2.05) is 23.9 Å². The summed E-state index contributed by atoms with van der Waals surface area (Å²) < 4.78 is 7.34. The second-order valence-corrected chi connectivity index (χ2v) is 8.06. The van der Waals surface area contributed by atoms with Crippen LogP contribution in [0.25, 0.3) is 22.2 Å².